The van der Waals surface area contributed by atoms with Gasteiger partial charge in [-0.3, -0.25) is 0 Å². The van der Waals surface area contributed by atoms with Crippen molar-refractivity contribution in [2.75, 3.05) is 5.73 Å². The van der Waals surface area contributed by atoms with Crippen molar-refractivity contribution in [2.24, 2.45) is 0 Å². The van der Waals surface area contributed by atoms with Gasteiger partial charge >= 0.3 is 0 Å². The number of hydrogen-bond acceptors (Lipinski definition) is 1. The van der Waals surface area contributed by atoms with Crippen molar-refractivity contribution in [2.45, 2.75) is 0 Å². The van der Waals surface area contributed by atoms with Crippen molar-refractivity contribution in [3.63, 3.8) is 0 Å². The summed E-state index contributed by atoms with van der Waals surface area (Å²) in [6, 6.07) is 33.7. The monoisotopic (exact) mass is 334 g/mol. The van der Waals surface area contributed by atoms with Gasteiger partial charge in [-0.2, -0.15) is 0 Å². The van der Waals surface area contributed by atoms with Crippen LogP contribution in [0.4, 0.5) is 5.69 Å². The van der Waals surface area contributed by atoms with Gasteiger partial charge in [-0.15, -0.1) is 0 Å². The summed E-state index contributed by atoms with van der Waals surface area (Å²) in [6.45, 7) is 0. The molecule has 1 heterocycles. The predicted octanol–water partition coefficient (Wildman–Crippen LogP) is 6.03. The van der Waals surface area contributed by atoms with Crippen LogP contribution in [-0.2, 0) is 0 Å². The molecule has 2 heteroatoms. The zero-order chi connectivity index (χ0) is 17.5. The molecule has 0 spiro atoms. The largest absolute Gasteiger partial charge is 0.399 e. The van der Waals surface area contributed by atoms with E-state index < -0.39 is 0 Å². The minimum absolute atomic E-state index is 0.780. The Kier molecular flexibility index (Phi) is 3.29. The highest BCUT2D eigenvalue weighted by molar-refractivity contribution is 6.13. The number of anilines is 1. The molecule has 5 rings (SSSR count). The lowest BCUT2D eigenvalue weighted by Crippen LogP contribution is -1.95. The van der Waals surface area contributed by atoms with E-state index in [9.17, 15) is 0 Å². The Morgan fingerprint density at radius 3 is 2.19 bits per heavy atom. The average molecular weight is 334 g/mol. The van der Waals surface area contributed by atoms with Crippen molar-refractivity contribution in [3.05, 3.63) is 97.1 Å². The SMILES string of the molecule is Nc1cccc(-c2cccc3c4ccccc4n(-c4ccccc4)c23)c1. The van der Waals surface area contributed by atoms with Crippen LogP contribution >= 0.6 is 0 Å². The minimum atomic E-state index is 0.780. The van der Waals surface area contributed by atoms with Crippen LogP contribution in [0.3, 0.4) is 0 Å². The molecule has 0 aliphatic rings. The van der Waals surface area contributed by atoms with Crippen molar-refractivity contribution < 1.29 is 0 Å². The van der Waals surface area contributed by atoms with Crippen molar-refractivity contribution in [1.29, 1.82) is 0 Å². The summed E-state index contributed by atoms with van der Waals surface area (Å²) in [4.78, 5) is 0. The Hall–Kier alpha value is -3.52. The van der Waals surface area contributed by atoms with Gasteiger partial charge in [0, 0.05) is 27.7 Å². The number of rotatable bonds is 2. The molecule has 0 unspecified atom stereocenters. The summed E-state index contributed by atoms with van der Waals surface area (Å²) < 4.78 is 2.35. The second kappa shape index (κ2) is 5.78. The molecule has 26 heavy (non-hydrogen) atoms. The fourth-order valence-corrected chi connectivity index (χ4v) is 3.80. The molecule has 0 aliphatic heterocycles. The van der Waals surface area contributed by atoms with Gasteiger partial charge in [0.05, 0.1) is 11.0 Å². The zero-order valence-electron chi connectivity index (χ0n) is 14.3. The molecule has 0 bridgehead atoms. The first-order chi connectivity index (χ1) is 12.8. The van der Waals surface area contributed by atoms with Gasteiger partial charge in [0.25, 0.3) is 0 Å². The number of aromatic nitrogens is 1. The Morgan fingerprint density at radius 2 is 1.35 bits per heavy atom. The van der Waals surface area contributed by atoms with Crippen LogP contribution in [0.2, 0.25) is 0 Å². The molecule has 0 saturated carbocycles. The van der Waals surface area contributed by atoms with Gasteiger partial charge in [-0.1, -0.05) is 66.7 Å². The first kappa shape index (κ1) is 14.8. The first-order valence-corrected chi connectivity index (χ1v) is 8.76. The van der Waals surface area contributed by atoms with E-state index >= 15 is 0 Å². The molecule has 5 aromatic rings. The van der Waals surface area contributed by atoms with Crippen molar-refractivity contribution >= 4 is 27.5 Å². The van der Waals surface area contributed by atoms with E-state index in [1.807, 2.05) is 18.2 Å². The fourth-order valence-electron chi connectivity index (χ4n) is 3.80. The highest BCUT2D eigenvalue weighted by Gasteiger charge is 2.15. The van der Waals surface area contributed by atoms with Gasteiger partial charge in [-0.05, 0) is 35.9 Å². The summed E-state index contributed by atoms with van der Waals surface area (Å²) in [7, 11) is 0. The molecule has 0 radical (unpaired) electrons. The maximum atomic E-state index is 6.06. The Labute approximate surface area is 152 Å². The third-order valence-electron chi connectivity index (χ3n) is 4.91. The topological polar surface area (TPSA) is 30.9 Å². The summed E-state index contributed by atoms with van der Waals surface area (Å²) in [5.41, 5.74) is 12.8. The van der Waals surface area contributed by atoms with Gasteiger partial charge in [0.1, 0.15) is 0 Å². The number of nitrogens with two attached hydrogens (primary N) is 1. The Bertz CT molecular complexity index is 1230. The van der Waals surface area contributed by atoms with Crippen molar-refractivity contribution in [1.82, 2.24) is 4.57 Å². The highest BCUT2D eigenvalue weighted by atomic mass is 15.0. The summed E-state index contributed by atoms with van der Waals surface area (Å²) >= 11 is 0. The number of para-hydroxylation sites is 3. The van der Waals surface area contributed by atoms with E-state index in [0.717, 1.165) is 16.9 Å². The summed E-state index contributed by atoms with van der Waals surface area (Å²) in [5, 5.41) is 2.52. The van der Waals surface area contributed by atoms with Crippen LogP contribution < -0.4 is 5.73 Å². The van der Waals surface area contributed by atoms with Crippen LogP contribution in [0, 0.1) is 0 Å². The number of fused-ring (bicyclic) bond motifs is 3. The number of nitrogen functional groups attached to an aromatic ring is 1. The van der Waals surface area contributed by atoms with Gasteiger partial charge in [0.2, 0.25) is 0 Å². The molecule has 2 N–H and O–H groups in total. The van der Waals surface area contributed by atoms with E-state index in [2.05, 4.69) is 83.4 Å². The normalized spacial score (nSPS) is 11.2. The molecular formula is C24H18N2. The molecule has 2 nitrogen and oxygen atoms in total. The standard InChI is InChI=1S/C24H18N2/c25-18-9-6-8-17(16-18)20-13-7-14-22-21-12-4-5-15-23(21)26(24(20)22)19-10-2-1-3-11-19/h1-16H,25H2. The molecule has 0 fully saturated rings. The molecule has 124 valence electrons. The van der Waals surface area contributed by atoms with E-state index in [1.165, 1.54) is 27.4 Å². The Morgan fingerprint density at radius 1 is 0.615 bits per heavy atom. The van der Waals surface area contributed by atoms with Crippen LogP contribution in [0.15, 0.2) is 97.1 Å². The van der Waals surface area contributed by atoms with Gasteiger partial charge in [-0.25, -0.2) is 0 Å². The maximum absolute atomic E-state index is 6.06. The van der Waals surface area contributed by atoms with E-state index in [4.69, 9.17) is 5.73 Å². The maximum Gasteiger partial charge on any atom is 0.0619 e. The lowest BCUT2D eigenvalue weighted by Gasteiger charge is -2.12. The second-order valence-corrected chi connectivity index (χ2v) is 6.52. The number of hydrogen-bond donors (Lipinski definition) is 1. The molecule has 0 amide bonds. The van der Waals surface area contributed by atoms with Crippen molar-refractivity contribution in [3.8, 4) is 16.8 Å². The molecule has 0 aliphatic carbocycles. The number of benzene rings is 4. The van der Waals surface area contributed by atoms with Crippen LogP contribution in [0.5, 0.6) is 0 Å². The van der Waals surface area contributed by atoms with Crippen LogP contribution in [0.1, 0.15) is 0 Å². The zero-order valence-corrected chi connectivity index (χ0v) is 14.3. The summed E-state index contributed by atoms with van der Waals surface area (Å²) in [5.74, 6) is 0. The van der Waals surface area contributed by atoms with Gasteiger partial charge < -0.3 is 10.3 Å². The molecule has 1 aromatic heterocycles. The third kappa shape index (κ3) is 2.20. The molecule has 0 atom stereocenters. The average Bonchev–Trinajstić information content (AvgIpc) is 3.03. The second-order valence-electron chi connectivity index (χ2n) is 6.52. The van der Waals surface area contributed by atoms with Gasteiger partial charge in [0.15, 0.2) is 0 Å². The third-order valence-corrected chi connectivity index (χ3v) is 4.91. The van der Waals surface area contributed by atoms with E-state index in [1.54, 1.807) is 0 Å². The van der Waals surface area contributed by atoms with E-state index in [0.29, 0.717) is 0 Å². The lowest BCUT2D eigenvalue weighted by molar-refractivity contribution is 1.18. The van der Waals surface area contributed by atoms with E-state index in [-0.39, 0.29) is 0 Å². The first-order valence-electron chi connectivity index (χ1n) is 8.76. The Balaban J connectivity index is 1.98. The number of nitrogens with zero attached hydrogens (tertiary/aromatic N) is 1. The highest BCUT2D eigenvalue weighted by Crippen LogP contribution is 2.38. The van der Waals surface area contributed by atoms with Crippen LogP contribution in [0.25, 0.3) is 38.6 Å². The smallest absolute Gasteiger partial charge is 0.0619 e. The van der Waals surface area contributed by atoms with Crippen LogP contribution in [-0.4, -0.2) is 4.57 Å². The fraction of sp³-hybridized carbons (Fsp3) is 0. The summed E-state index contributed by atoms with van der Waals surface area (Å²) in [6.07, 6.45) is 0. The minimum Gasteiger partial charge on any atom is -0.399 e. The predicted molar refractivity (Wildman–Crippen MR) is 111 cm³/mol. The molecular weight excluding hydrogens is 316 g/mol. The lowest BCUT2D eigenvalue weighted by atomic mass is 10.0. The molecule has 0 saturated heterocycles. The quantitative estimate of drug-likeness (QED) is 0.392. The molecule has 4 aromatic carbocycles.